The molecule has 82 valence electrons. The van der Waals surface area contributed by atoms with E-state index in [-0.39, 0.29) is 19.4 Å². The maximum absolute atomic E-state index is 11.1. The molecular formula is C7H11BN2O5. The highest BCUT2D eigenvalue weighted by Gasteiger charge is 2.32. The van der Waals surface area contributed by atoms with Gasteiger partial charge in [0.2, 0.25) is 0 Å². The van der Waals surface area contributed by atoms with Crippen LogP contribution in [-0.4, -0.2) is 41.5 Å². The van der Waals surface area contributed by atoms with E-state index in [1.165, 1.54) is 6.82 Å². The summed E-state index contributed by atoms with van der Waals surface area (Å²) in [7, 11) is -0.859. The molecule has 15 heavy (non-hydrogen) atoms. The van der Waals surface area contributed by atoms with Crippen LogP contribution in [0.3, 0.4) is 0 Å². The van der Waals surface area contributed by atoms with Crippen LogP contribution in [0.1, 0.15) is 12.8 Å². The van der Waals surface area contributed by atoms with Crippen molar-refractivity contribution in [2.24, 2.45) is 0 Å². The van der Waals surface area contributed by atoms with Crippen LogP contribution in [0.4, 0.5) is 0 Å². The van der Waals surface area contributed by atoms with Gasteiger partial charge in [0.25, 0.3) is 11.8 Å². The normalized spacial score (nSPS) is 15.7. The van der Waals surface area contributed by atoms with Gasteiger partial charge in [-0.15, -0.1) is 5.06 Å². The van der Waals surface area contributed by atoms with Crippen LogP contribution >= 0.6 is 0 Å². The third-order valence-electron chi connectivity index (χ3n) is 1.74. The maximum atomic E-state index is 11.1. The number of hydroxylamine groups is 2. The van der Waals surface area contributed by atoms with Gasteiger partial charge in [-0.2, -0.15) is 0 Å². The molecule has 7 nitrogen and oxygen atoms in total. The monoisotopic (exact) mass is 214 g/mol. The van der Waals surface area contributed by atoms with Crippen molar-refractivity contribution in [3.05, 3.63) is 0 Å². The van der Waals surface area contributed by atoms with Crippen LogP contribution in [0, 0.1) is 0 Å². The Bertz CT molecular complexity index is 277. The molecule has 1 fully saturated rings. The SMILES string of the molecule is CB(O)NCC(=O)ON1C(=O)CCC1=O. The van der Waals surface area contributed by atoms with Crippen molar-refractivity contribution in [2.45, 2.75) is 19.7 Å². The third kappa shape index (κ3) is 3.33. The summed E-state index contributed by atoms with van der Waals surface area (Å²) < 4.78 is 0. The summed E-state index contributed by atoms with van der Waals surface area (Å²) in [6.45, 7) is 1.16. The van der Waals surface area contributed by atoms with Crippen LogP contribution < -0.4 is 5.23 Å². The van der Waals surface area contributed by atoms with Gasteiger partial charge in [-0.1, -0.05) is 0 Å². The highest BCUT2D eigenvalue weighted by atomic mass is 16.7. The zero-order valence-electron chi connectivity index (χ0n) is 8.23. The van der Waals surface area contributed by atoms with Gasteiger partial charge in [-0.05, 0) is 6.82 Å². The summed E-state index contributed by atoms with van der Waals surface area (Å²) in [5, 5.41) is 11.6. The molecule has 0 atom stereocenters. The summed E-state index contributed by atoms with van der Waals surface area (Å²) in [6.07, 6.45) is 0.131. The number of amides is 2. The lowest BCUT2D eigenvalue weighted by Crippen LogP contribution is -2.40. The van der Waals surface area contributed by atoms with Gasteiger partial charge in [0.1, 0.15) is 0 Å². The smallest absolute Gasteiger partial charge is 0.374 e. The quantitative estimate of drug-likeness (QED) is 0.427. The number of carbonyl (C=O) groups excluding carboxylic acids is 3. The van der Waals surface area contributed by atoms with Crippen molar-refractivity contribution in [3.63, 3.8) is 0 Å². The number of carbonyl (C=O) groups is 3. The van der Waals surface area contributed by atoms with E-state index < -0.39 is 24.8 Å². The second kappa shape index (κ2) is 4.90. The lowest BCUT2D eigenvalue weighted by atomic mass is 9.89. The number of imide groups is 1. The van der Waals surface area contributed by atoms with Gasteiger partial charge >= 0.3 is 13.0 Å². The molecule has 0 bridgehead atoms. The van der Waals surface area contributed by atoms with E-state index in [0.717, 1.165) is 0 Å². The minimum absolute atomic E-state index is 0.0654. The molecule has 0 aromatic heterocycles. The largest absolute Gasteiger partial charge is 0.437 e. The molecule has 1 rings (SSSR count). The predicted molar refractivity (Wildman–Crippen MR) is 49.0 cm³/mol. The van der Waals surface area contributed by atoms with Crippen LogP contribution in [0.5, 0.6) is 0 Å². The zero-order valence-corrected chi connectivity index (χ0v) is 8.23. The van der Waals surface area contributed by atoms with Crippen molar-refractivity contribution in [1.29, 1.82) is 0 Å². The Hall–Kier alpha value is -1.41. The number of nitrogens with zero attached hydrogens (tertiary/aromatic N) is 1. The van der Waals surface area contributed by atoms with E-state index in [1.54, 1.807) is 0 Å². The van der Waals surface area contributed by atoms with E-state index in [1.807, 2.05) is 0 Å². The van der Waals surface area contributed by atoms with Gasteiger partial charge in [0.05, 0.1) is 6.54 Å². The molecule has 1 saturated heterocycles. The van der Waals surface area contributed by atoms with Crippen molar-refractivity contribution in [2.75, 3.05) is 6.54 Å². The van der Waals surface area contributed by atoms with Crippen molar-refractivity contribution < 1.29 is 24.2 Å². The van der Waals surface area contributed by atoms with Crippen LogP contribution in [0.15, 0.2) is 0 Å². The number of hydrogen-bond acceptors (Lipinski definition) is 6. The lowest BCUT2D eigenvalue weighted by Gasteiger charge is -2.12. The van der Waals surface area contributed by atoms with Gasteiger partial charge in [-0.3, -0.25) is 9.59 Å². The molecule has 2 amide bonds. The fraction of sp³-hybridized carbons (Fsp3) is 0.571. The summed E-state index contributed by atoms with van der Waals surface area (Å²) in [4.78, 5) is 37.6. The molecule has 0 aromatic carbocycles. The minimum Gasteiger partial charge on any atom is -0.437 e. The topological polar surface area (TPSA) is 95.9 Å². The Morgan fingerprint density at radius 3 is 2.53 bits per heavy atom. The Morgan fingerprint density at radius 2 is 2.07 bits per heavy atom. The molecule has 0 saturated carbocycles. The highest BCUT2D eigenvalue weighted by Crippen LogP contribution is 2.11. The lowest BCUT2D eigenvalue weighted by molar-refractivity contribution is -0.196. The van der Waals surface area contributed by atoms with Crippen molar-refractivity contribution in [3.8, 4) is 0 Å². The Kier molecular flexibility index (Phi) is 3.81. The predicted octanol–water partition coefficient (Wildman–Crippen LogP) is -1.71. The summed E-state index contributed by atoms with van der Waals surface area (Å²) in [6, 6.07) is 0. The Labute approximate surface area is 86.5 Å². The second-order valence-corrected chi connectivity index (χ2v) is 3.10. The molecule has 1 heterocycles. The van der Waals surface area contributed by atoms with E-state index >= 15 is 0 Å². The first-order valence-electron chi connectivity index (χ1n) is 4.48. The van der Waals surface area contributed by atoms with Crippen LogP contribution in [0.25, 0.3) is 0 Å². The molecule has 0 aromatic rings. The van der Waals surface area contributed by atoms with Crippen LogP contribution in [0.2, 0.25) is 6.82 Å². The first-order chi connectivity index (χ1) is 7.00. The van der Waals surface area contributed by atoms with Gasteiger partial charge < -0.3 is 15.1 Å². The van der Waals surface area contributed by atoms with E-state index in [0.29, 0.717) is 5.06 Å². The van der Waals surface area contributed by atoms with Crippen molar-refractivity contribution in [1.82, 2.24) is 10.3 Å². The molecule has 1 aliphatic rings. The summed E-state index contributed by atoms with van der Waals surface area (Å²) >= 11 is 0. The fourth-order valence-electron chi connectivity index (χ4n) is 1.02. The maximum Gasteiger partial charge on any atom is 0.374 e. The first-order valence-corrected chi connectivity index (χ1v) is 4.48. The molecule has 0 spiro atoms. The molecule has 8 heteroatoms. The number of rotatable bonds is 4. The summed E-state index contributed by atoms with van der Waals surface area (Å²) in [5.41, 5.74) is 0. The molecular weight excluding hydrogens is 203 g/mol. The Balaban J connectivity index is 2.37. The fourth-order valence-corrected chi connectivity index (χ4v) is 1.02. The standard InChI is InChI=1S/C7H11BN2O5/c1-8(14)9-4-7(13)15-10-5(11)2-3-6(10)12/h9,14H,2-4H2,1H3. The van der Waals surface area contributed by atoms with E-state index in [9.17, 15) is 14.4 Å². The number of nitrogens with one attached hydrogen (secondary N) is 1. The van der Waals surface area contributed by atoms with Gasteiger partial charge in [0, 0.05) is 12.8 Å². The second-order valence-electron chi connectivity index (χ2n) is 3.10. The number of hydrogen-bond donors (Lipinski definition) is 2. The zero-order chi connectivity index (χ0) is 11.4. The molecule has 0 radical (unpaired) electrons. The minimum atomic E-state index is -0.859. The average molecular weight is 214 g/mol. The Morgan fingerprint density at radius 1 is 1.53 bits per heavy atom. The molecule has 1 aliphatic heterocycles. The average Bonchev–Trinajstić information content (AvgIpc) is 2.46. The van der Waals surface area contributed by atoms with Crippen molar-refractivity contribution >= 4 is 24.8 Å². The van der Waals surface area contributed by atoms with Gasteiger partial charge in [-0.25, -0.2) is 4.79 Å². The third-order valence-corrected chi connectivity index (χ3v) is 1.74. The molecule has 0 aliphatic carbocycles. The van der Waals surface area contributed by atoms with Gasteiger partial charge in [0.15, 0.2) is 0 Å². The van der Waals surface area contributed by atoms with E-state index in [2.05, 4.69) is 10.1 Å². The van der Waals surface area contributed by atoms with E-state index in [4.69, 9.17) is 5.02 Å². The molecule has 0 unspecified atom stereocenters. The summed E-state index contributed by atoms with van der Waals surface area (Å²) in [5.74, 6) is -1.84. The van der Waals surface area contributed by atoms with Crippen LogP contribution in [-0.2, 0) is 19.2 Å². The highest BCUT2D eigenvalue weighted by molar-refractivity contribution is 6.45. The molecule has 2 N–H and O–H groups in total. The first kappa shape index (κ1) is 11.7.